The lowest BCUT2D eigenvalue weighted by molar-refractivity contribution is -0.643. The van der Waals surface area contributed by atoms with Crippen molar-refractivity contribution in [2.24, 2.45) is 0 Å². The highest BCUT2D eigenvalue weighted by atomic mass is 19.1. The SMILES string of the molecule is CCOC1(c2ccccc2F)OCc2c1[n+]([O-])c1ccccc1[n+]2[O-]. The number of aromatic nitrogens is 2. The zero-order chi connectivity index (χ0) is 17.6. The Hall–Kier alpha value is -2.77. The first-order valence-electron chi connectivity index (χ1n) is 7.90. The van der Waals surface area contributed by atoms with Crippen LogP contribution in [0.4, 0.5) is 4.39 Å². The highest BCUT2D eigenvalue weighted by Crippen LogP contribution is 2.41. The Balaban J connectivity index is 2.09. The van der Waals surface area contributed by atoms with Crippen LogP contribution in [0.1, 0.15) is 23.9 Å². The summed E-state index contributed by atoms with van der Waals surface area (Å²) >= 11 is 0. The lowest BCUT2D eigenvalue weighted by atomic mass is 10.0. The van der Waals surface area contributed by atoms with Gasteiger partial charge in [-0.3, -0.25) is 0 Å². The molecular weight excluding hydrogens is 327 g/mol. The summed E-state index contributed by atoms with van der Waals surface area (Å²) in [6, 6.07) is 12.3. The quantitative estimate of drug-likeness (QED) is 0.539. The lowest BCUT2D eigenvalue weighted by Gasteiger charge is -2.26. The predicted molar refractivity (Wildman–Crippen MR) is 85.5 cm³/mol. The molecule has 0 fully saturated rings. The molecule has 128 valence electrons. The summed E-state index contributed by atoms with van der Waals surface area (Å²) in [5.74, 6) is -2.33. The van der Waals surface area contributed by atoms with Crippen molar-refractivity contribution in [1.29, 1.82) is 0 Å². The molecule has 1 unspecified atom stereocenters. The summed E-state index contributed by atoms with van der Waals surface area (Å²) < 4.78 is 27.2. The maximum Gasteiger partial charge on any atom is 0.329 e. The zero-order valence-electron chi connectivity index (χ0n) is 13.4. The van der Waals surface area contributed by atoms with Gasteiger partial charge in [-0.25, -0.2) is 4.39 Å². The number of fused-ring (bicyclic) bond motifs is 2. The van der Waals surface area contributed by atoms with E-state index in [1.54, 1.807) is 31.2 Å². The van der Waals surface area contributed by atoms with Crippen LogP contribution in [-0.2, 0) is 21.9 Å². The number of benzene rings is 2. The summed E-state index contributed by atoms with van der Waals surface area (Å²) in [5, 5.41) is 25.7. The summed E-state index contributed by atoms with van der Waals surface area (Å²) in [5.41, 5.74) is 0.539. The lowest BCUT2D eigenvalue weighted by Crippen LogP contribution is -2.49. The van der Waals surface area contributed by atoms with Crippen molar-refractivity contribution in [3.05, 3.63) is 81.7 Å². The van der Waals surface area contributed by atoms with E-state index in [1.807, 2.05) is 0 Å². The van der Waals surface area contributed by atoms with Crippen LogP contribution < -0.4 is 9.46 Å². The molecule has 0 bridgehead atoms. The molecule has 2 aromatic carbocycles. The Morgan fingerprint density at radius 2 is 1.72 bits per heavy atom. The normalized spacial score (nSPS) is 19.3. The van der Waals surface area contributed by atoms with E-state index in [-0.39, 0.29) is 41.2 Å². The monoisotopic (exact) mass is 342 g/mol. The molecule has 0 saturated heterocycles. The van der Waals surface area contributed by atoms with Gasteiger partial charge in [0.1, 0.15) is 12.4 Å². The Bertz CT molecular complexity index is 979. The van der Waals surface area contributed by atoms with Gasteiger partial charge in [0.25, 0.3) is 22.5 Å². The fourth-order valence-electron chi connectivity index (χ4n) is 3.30. The van der Waals surface area contributed by atoms with Crippen LogP contribution in [0, 0.1) is 16.2 Å². The third-order valence-corrected chi connectivity index (χ3v) is 4.34. The van der Waals surface area contributed by atoms with E-state index >= 15 is 0 Å². The first kappa shape index (κ1) is 15.7. The standard InChI is InChI=1S/C18H15FN2O4/c1-2-24-18(12-7-3-4-8-13(12)19)17-16(11-25-18)20(22)14-9-5-6-10-15(14)21(17)23/h3-10H,2,11H2,1H3. The van der Waals surface area contributed by atoms with Gasteiger partial charge in [-0.1, -0.05) is 30.3 Å². The van der Waals surface area contributed by atoms with E-state index in [0.717, 1.165) is 0 Å². The van der Waals surface area contributed by atoms with Gasteiger partial charge in [-0.05, 0) is 13.0 Å². The minimum atomic E-state index is -1.76. The topological polar surface area (TPSA) is 72.3 Å². The number of rotatable bonds is 3. The Labute approximate surface area is 142 Å². The van der Waals surface area contributed by atoms with Gasteiger partial charge >= 0.3 is 5.69 Å². The van der Waals surface area contributed by atoms with Gasteiger partial charge in [0.05, 0.1) is 5.56 Å². The largest absolute Gasteiger partial charge is 0.618 e. The fraction of sp³-hybridized carbons (Fsp3) is 0.222. The van der Waals surface area contributed by atoms with Crippen molar-refractivity contribution in [2.75, 3.05) is 6.61 Å². The third-order valence-electron chi connectivity index (χ3n) is 4.34. The van der Waals surface area contributed by atoms with Crippen LogP contribution in [0.5, 0.6) is 0 Å². The molecule has 0 radical (unpaired) electrons. The smallest absolute Gasteiger partial charge is 0.329 e. The second-order valence-corrected chi connectivity index (χ2v) is 5.69. The second-order valence-electron chi connectivity index (χ2n) is 5.69. The van der Waals surface area contributed by atoms with Gasteiger partial charge in [0.2, 0.25) is 0 Å². The molecule has 1 aliphatic rings. The van der Waals surface area contributed by atoms with Crippen molar-refractivity contribution < 1.29 is 23.3 Å². The summed E-state index contributed by atoms with van der Waals surface area (Å²) in [6.07, 6.45) is 0. The molecule has 2 heterocycles. The second kappa shape index (κ2) is 5.65. The van der Waals surface area contributed by atoms with Crippen LogP contribution in [0.2, 0.25) is 0 Å². The van der Waals surface area contributed by atoms with E-state index in [4.69, 9.17) is 9.47 Å². The van der Waals surface area contributed by atoms with Crippen molar-refractivity contribution >= 4 is 11.0 Å². The molecule has 4 rings (SSSR count). The van der Waals surface area contributed by atoms with Crippen molar-refractivity contribution in [1.82, 2.24) is 0 Å². The van der Waals surface area contributed by atoms with Crippen LogP contribution in [0.3, 0.4) is 0 Å². The highest BCUT2D eigenvalue weighted by Gasteiger charge is 2.56. The molecule has 0 saturated carbocycles. The molecule has 0 spiro atoms. The maximum absolute atomic E-state index is 14.5. The third kappa shape index (κ3) is 2.09. The van der Waals surface area contributed by atoms with Crippen LogP contribution >= 0.6 is 0 Å². The van der Waals surface area contributed by atoms with E-state index in [0.29, 0.717) is 9.46 Å². The average molecular weight is 342 g/mol. The van der Waals surface area contributed by atoms with Gasteiger partial charge in [0.15, 0.2) is 0 Å². The summed E-state index contributed by atoms with van der Waals surface area (Å²) in [4.78, 5) is 0. The maximum atomic E-state index is 14.5. The Morgan fingerprint density at radius 1 is 1.08 bits per heavy atom. The van der Waals surface area contributed by atoms with Gasteiger partial charge in [-0.15, -0.1) is 0 Å². The molecule has 1 atom stereocenters. The van der Waals surface area contributed by atoms with E-state index in [1.165, 1.54) is 24.3 Å². The fourth-order valence-corrected chi connectivity index (χ4v) is 3.30. The predicted octanol–water partition coefficient (Wildman–Crippen LogP) is 2.01. The number of hydrogen-bond acceptors (Lipinski definition) is 4. The highest BCUT2D eigenvalue weighted by molar-refractivity contribution is 5.67. The molecule has 0 aliphatic carbocycles. The van der Waals surface area contributed by atoms with Crippen LogP contribution in [0.25, 0.3) is 11.0 Å². The van der Waals surface area contributed by atoms with Crippen molar-refractivity contribution in [3.63, 3.8) is 0 Å². The Morgan fingerprint density at radius 3 is 2.40 bits per heavy atom. The van der Waals surface area contributed by atoms with Crippen LogP contribution in [-0.4, -0.2) is 6.61 Å². The van der Waals surface area contributed by atoms with E-state index in [9.17, 15) is 14.8 Å². The first-order valence-corrected chi connectivity index (χ1v) is 7.90. The molecule has 6 nitrogen and oxygen atoms in total. The van der Waals surface area contributed by atoms with Gasteiger partial charge in [0, 0.05) is 18.7 Å². The molecule has 3 aromatic rings. The number of nitrogens with zero attached hydrogens (tertiary/aromatic N) is 2. The van der Waals surface area contributed by atoms with Crippen molar-refractivity contribution in [3.8, 4) is 0 Å². The van der Waals surface area contributed by atoms with Crippen molar-refractivity contribution in [2.45, 2.75) is 19.3 Å². The molecule has 0 N–H and O–H groups in total. The Kier molecular flexibility index (Phi) is 3.55. The van der Waals surface area contributed by atoms with E-state index < -0.39 is 11.6 Å². The molecule has 7 heteroatoms. The minimum Gasteiger partial charge on any atom is -0.618 e. The van der Waals surface area contributed by atoms with E-state index in [2.05, 4.69) is 0 Å². The number of hydrogen-bond donors (Lipinski definition) is 0. The van der Waals surface area contributed by atoms with Gasteiger partial charge in [-0.2, -0.15) is 9.46 Å². The molecule has 1 aliphatic heterocycles. The number of para-hydroxylation sites is 2. The molecular formula is C18H15FN2O4. The summed E-state index contributed by atoms with van der Waals surface area (Å²) in [6.45, 7) is 1.73. The molecule has 1 aromatic heterocycles. The first-order chi connectivity index (χ1) is 12.1. The number of ether oxygens (including phenoxy) is 2. The van der Waals surface area contributed by atoms with Crippen LogP contribution in [0.15, 0.2) is 48.5 Å². The van der Waals surface area contributed by atoms with Gasteiger partial charge < -0.3 is 19.9 Å². The number of halogens is 1. The average Bonchev–Trinajstić information content (AvgIpc) is 3.01. The minimum absolute atomic E-state index is 0.0341. The zero-order valence-corrected chi connectivity index (χ0v) is 13.4. The summed E-state index contributed by atoms with van der Waals surface area (Å²) in [7, 11) is 0. The molecule has 25 heavy (non-hydrogen) atoms. The molecule has 0 amide bonds.